The molecule has 8 nitrogen and oxygen atoms in total. The van der Waals surface area contributed by atoms with Gasteiger partial charge in [-0.15, -0.1) is 0 Å². The first-order valence-electron chi connectivity index (χ1n) is 9.62. The third-order valence-electron chi connectivity index (χ3n) is 5.41. The second-order valence-electron chi connectivity index (χ2n) is 7.39. The zero-order chi connectivity index (χ0) is 21.4. The molecule has 3 aromatic rings. The van der Waals surface area contributed by atoms with Gasteiger partial charge in [0.05, 0.1) is 6.61 Å². The van der Waals surface area contributed by atoms with E-state index in [-0.39, 0.29) is 0 Å². The highest BCUT2D eigenvalue weighted by Gasteiger charge is 2.44. The number of fused-ring (bicyclic) bond motifs is 1. The van der Waals surface area contributed by atoms with Gasteiger partial charge >= 0.3 is 0 Å². The van der Waals surface area contributed by atoms with Crippen molar-refractivity contribution in [2.45, 2.75) is 37.6 Å². The van der Waals surface area contributed by atoms with E-state index in [4.69, 9.17) is 15.2 Å². The highest BCUT2D eigenvalue weighted by atomic mass is 16.7. The number of rotatable bonds is 4. The molecule has 6 N–H and O–H groups in total. The van der Waals surface area contributed by atoms with Crippen LogP contribution in [0.5, 0.6) is 5.75 Å². The predicted octanol–water partition coefficient (Wildman–Crippen LogP) is 0.971. The molecule has 0 spiro atoms. The van der Waals surface area contributed by atoms with E-state index >= 15 is 0 Å². The molecule has 0 amide bonds. The summed E-state index contributed by atoms with van der Waals surface area (Å²) in [5.41, 5.74) is 8.71. The zero-order valence-corrected chi connectivity index (χ0v) is 16.3. The van der Waals surface area contributed by atoms with Gasteiger partial charge in [-0.1, -0.05) is 24.3 Å². The normalized spacial score (nSPS) is 26.6. The van der Waals surface area contributed by atoms with Gasteiger partial charge in [0.15, 0.2) is 0 Å². The fraction of sp³-hybridized carbons (Fsp3) is 0.318. The second kappa shape index (κ2) is 8.17. The van der Waals surface area contributed by atoms with E-state index in [0.29, 0.717) is 11.6 Å². The van der Waals surface area contributed by atoms with Crippen molar-refractivity contribution in [3.05, 3.63) is 54.2 Å². The smallest absolute Gasteiger partial charge is 0.229 e. The molecule has 0 unspecified atom stereocenters. The lowest BCUT2D eigenvalue weighted by molar-refractivity contribution is -0.277. The summed E-state index contributed by atoms with van der Waals surface area (Å²) < 4.78 is 11.2. The number of aliphatic hydroxyl groups excluding tert-OH is 4. The summed E-state index contributed by atoms with van der Waals surface area (Å²) in [6.45, 7) is 1.34. The molecule has 2 heterocycles. The van der Waals surface area contributed by atoms with E-state index in [0.717, 1.165) is 27.5 Å². The second-order valence-corrected chi connectivity index (χ2v) is 7.39. The first-order chi connectivity index (χ1) is 14.4. The molecular weight excluding hydrogens is 388 g/mol. The van der Waals surface area contributed by atoms with E-state index < -0.39 is 37.3 Å². The van der Waals surface area contributed by atoms with Crippen LogP contribution in [-0.4, -0.2) is 62.7 Å². The topological polar surface area (TPSA) is 138 Å². The molecule has 1 aliphatic rings. The summed E-state index contributed by atoms with van der Waals surface area (Å²) in [6.07, 6.45) is -4.96. The molecule has 1 fully saturated rings. The number of nitrogens with zero attached hydrogens (tertiary/aromatic N) is 1. The summed E-state index contributed by atoms with van der Waals surface area (Å²) in [7, 11) is 0. The van der Waals surface area contributed by atoms with Crippen molar-refractivity contribution in [3.8, 4) is 16.9 Å². The van der Waals surface area contributed by atoms with Crippen LogP contribution in [0.25, 0.3) is 21.9 Å². The van der Waals surface area contributed by atoms with Crippen LogP contribution in [0.2, 0.25) is 0 Å². The summed E-state index contributed by atoms with van der Waals surface area (Å²) in [6, 6.07) is 13.3. The molecule has 0 saturated carbocycles. The van der Waals surface area contributed by atoms with Crippen molar-refractivity contribution >= 4 is 16.6 Å². The Hall–Kier alpha value is -2.75. The van der Waals surface area contributed by atoms with Gasteiger partial charge in [0, 0.05) is 11.6 Å². The Kier molecular flexibility index (Phi) is 5.59. The number of nitrogens with two attached hydrogens (primary N) is 1. The number of aryl methyl sites for hydroxylation is 1. The van der Waals surface area contributed by atoms with Crippen molar-refractivity contribution in [2.75, 3.05) is 12.3 Å². The van der Waals surface area contributed by atoms with E-state index in [1.165, 1.54) is 0 Å². The van der Waals surface area contributed by atoms with Crippen LogP contribution in [0.4, 0.5) is 5.82 Å². The molecule has 0 bridgehead atoms. The number of benzene rings is 2. The molecule has 8 heteroatoms. The number of hydrogen-bond acceptors (Lipinski definition) is 8. The number of aliphatic hydroxyl groups is 4. The summed E-state index contributed by atoms with van der Waals surface area (Å²) >= 11 is 0. The lowest BCUT2D eigenvalue weighted by Crippen LogP contribution is -2.60. The summed E-state index contributed by atoms with van der Waals surface area (Å²) in [4.78, 5) is 4.13. The van der Waals surface area contributed by atoms with Crippen LogP contribution < -0.4 is 10.5 Å². The van der Waals surface area contributed by atoms with Crippen LogP contribution in [0.1, 0.15) is 5.56 Å². The van der Waals surface area contributed by atoms with Gasteiger partial charge in [0.25, 0.3) is 0 Å². The maximum atomic E-state index is 10.2. The Morgan fingerprint density at radius 1 is 1.03 bits per heavy atom. The fourth-order valence-corrected chi connectivity index (χ4v) is 3.72. The highest BCUT2D eigenvalue weighted by Crippen LogP contribution is 2.34. The SMILES string of the molecule is Cc1cc(-c2cccc3c(N)nccc23)ccc1O[C@H]1O[C@H](CO)[C@@H](O)[C@H](O)[C@@H]1O. The molecule has 1 saturated heterocycles. The minimum absolute atomic E-state index is 0.449. The van der Waals surface area contributed by atoms with E-state index in [1.807, 2.05) is 43.3 Å². The minimum atomic E-state index is -1.49. The molecule has 30 heavy (non-hydrogen) atoms. The Labute approximate surface area is 173 Å². The molecule has 2 aromatic carbocycles. The molecule has 0 radical (unpaired) electrons. The average molecular weight is 412 g/mol. The number of hydrogen-bond donors (Lipinski definition) is 5. The molecular formula is C22H24N2O6. The molecule has 4 rings (SSSR count). The molecule has 1 aliphatic heterocycles. The van der Waals surface area contributed by atoms with Gasteiger partial charge in [0.2, 0.25) is 6.29 Å². The van der Waals surface area contributed by atoms with Crippen LogP contribution in [0.3, 0.4) is 0 Å². The van der Waals surface area contributed by atoms with Crippen LogP contribution in [0.15, 0.2) is 48.7 Å². The molecule has 1 aromatic heterocycles. The van der Waals surface area contributed by atoms with Crippen molar-refractivity contribution in [1.29, 1.82) is 0 Å². The maximum absolute atomic E-state index is 10.2. The number of nitrogen functional groups attached to an aromatic ring is 1. The molecule has 0 aliphatic carbocycles. The average Bonchev–Trinajstić information content (AvgIpc) is 2.75. The lowest BCUT2D eigenvalue weighted by atomic mass is 9.97. The van der Waals surface area contributed by atoms with Gasteiger partial charge < -0.3 is 35.6 Å². The number of aromatic nitrogens is 1. The van der Waals surface area contributed by atoms with Crippen molar-refractivity contribution in [1.82, 2.24) is 4.98 Å². The van der Waals surface area contributed by atoms with Gasteiger partial charge in [-0.2, -0.15) is 0 Å². The first kappa shape index (κ1) is 20.5. The monoisotopic (exact) mass is 412 g/mol. The van der Waals surface area contributed by atoms with Crippen LogP contribution in [-0.2, 0) is 4.74 Å². The zero-order valence-electron chi connectivity index (χ0n) is 16.3. The first-order valence-corrected chi connectivity index (χ1v) is 9.62. The van der Waals surface area contributed by atoms with Crippen LogP contribution in [0, 0.1) is 6.92 Å². The number of ether oxygens (including phenoxy) is 2. The van der Waals surface area contributed by atoms with Gasteiger partial charge in [-0.3, -0.25) is 0 Å². The van der Waals surface area contributed by atoms with Gasteiger partial charge in [0.1, 0.15) is 36.0 Å². The number of anilines is 1. The largest absolute Gasteiger partial charge is 0.462 e. The quantitative estimate of drug-likeness (QED) is 0.427. The Morgan fingerprint density at radius 3 is 2.57 bits per heavy atom. The minimum Gasteiger partial charge on any atom is -0.462 e. The van der Waals surface area contributed by atoms with Gasteiger partial charge in [-0.25, -0.2) is 4.98 Å². The van der Waals surface area contributed by atoms with E-state index in [1.54, 1.807) is 12.3 Å². The standard InChI is InChI=1S/C22H24N2O6/c1-11-9-12(13-3-2-4-15-14(13)7-8-24-21(15)23)5-6-16(11)29-22-20(28)19(27)18(26)17(10-25)30-22/h2-9,17-20,22,25-28H,10H2,1H3,(H2,23,24)/t17-,18-,19+,20+,22+/m1/s1. The van der Waals surface area contributed by atoms with Crippen molar-refractivity contribution in [2.24, 2.45) is 0 Å². The highest BCUT2D eigenvalue weighted by molar-refractivity contribution is 6.01. The lowest BCUT2D eigenvalue weighted by Gasteiger charge is -2.39. The Balaban J connectivity index is 1.63. The third-order valence-corrected chi connectivity index (χ3v) is 5.41. The third kappa shape index (κ3) is 3.60. The van der Waals surface area contributed by atoms with Gasteiger partial charge in [-0.05, 0) is 47.2 Å². The summed E-state index contributed by atoms with van der Waals surface area (Å²) in [5.74, 6) is 0.915. The Morgan fingerprint density at radius 2 is 1.83 bits per heavy atom. The Bertz CT molecular complexity index is 1060. The predicted molar refractivity (Wildman–Crippen MR) is 111 cm³/mol. The maximum Gasteiger partial charge on any atom is 0.229 e. The summed E-state index contributed by atoms with van der Waals surface area (Å²) in [5, 5.41) is 41.2. The number of pyridine rings is 1. The molecule has 158 valence electrons. The van der Waals surface area contributed by atoms with E-state index in [9.17, 15) is 20.4 Å². The van der Waals surface area contributed by atoms with Crippen molar-refractivity contribution < 1.29 is 29.9 Å². The van der Waals surface area contributed by atoms with E-state index in [2.05, 4.69) is 4.98 Å². The fourth-order valence-electron chi connectivity index (χ4n) is 3.72. The van der Waals surface area contributed by atoms with Crippen molar-refractivity contribution in [3.63, 3.8) is 0 Å². The van der Waals surface area contributed by atoms with Crippen LogP contribution >= 0.6 is 0 Å². The molecule has 5 atom stereocenters.